The van der Waals surface area contributed by atoms with Gasteiger partial charge in [0.05, 0.1) is 42.5 Å². The van der Waals surface area contributed by atoms with Gasteiger partial charge in [0.2, 0.25) is 10.0 Å². The smallest absolute Gasteiger partial charge is 0.416 e. The number of nitrogens with zero attached hydrogens (tertiary/aromatic N) is 2. The SMILES string of the molecule is COc1cn(-c2cccc(C(F)(F)F)c2)nc1C(=O)NC(C)c1ccccc1NS(C)(=O)=O. The normalized spacial score (nSPS) is 12.8. The van der Waals surface area contributed by atoms with E-state index in [1.54, 1.807) is 31.2 Å². The predicted molar refractivity (Wildman–Crippen MR) is 116 cm³/mol. The number of benzene rings is 2. The van der Waals surface area contributed by atoms with E-state index in [-0.39, 0.29) is 17.1 Å². The molecule has 1 heterocycles. The number of hydrogen-bond donors (Lipinski definition) is 2. The molecule has 0 saturated heterocycles. The molecule has 8 nitrogen and oxygen atoms in total. The molecule has 0 radical (unpaired) electrons. The fraction of sp³-hybridized carbons (Fsp3) is 0.238. The van der Waals surface area contributed by atoms with Gasteiger partial charge in [-0.15, -0.1) is 0 Å². The molecule has 0 bridgehead atoms. The standard InChI is InChI=1S/C21H21F3N4O4S/c1-13(16-9-4-5-10-17(16)27-33(3,30)31)25-20(29)19-18(32-2)12-28(26-19)15-8-6-7-14(11-15)21(22,23)24/h4-13,27H,1-3H3,(H,25,29). The van der Waals surface area contributed by atoms with E-state index >= 15 is 0 Å². The summed E-state index contributed by atoms with van der Waals surface area (Å²) >= 11 is 0. The van der Waals surface area contributed by atoms with Crippen LogP contribution in [0.25, 0.3) is 5.69 Å². The monoisotopic (exact) mass is 482 g/mol. The molecule has 3 rings (SSSR count). The van der Waals surface area contributed by atoms with Crippen LogP contribution < -0.4 is 14.8 Å². The van der Waals surface area contributed by atoms with Gasteiger partial charge in [-0.1, -0.05) is 24.3 Å². The second-order valence-electron chi connectivity index (χ2n) is 7.20. The number of ether oxygens (including phenoxy) is 1. The van der Waals surface area contributed by atoms with Crippen molar-refractivity contribution in [3.05, 3.63) is 71.5 Å². The molecule has 0 aliphatic carbocycles. The lowest BCUT2D eigenvalue weighted by molar-refractivity contribution is -0.137. The second-order valence-corrected chi connectivity index (χ2v) is 8.94. The van der Waals surface area contributed by atoms with Gasteiger partial charge in [-0.05, 0) is 36.8 Å². The van der Waals surface area contributed by atoms with Crippen LogP contribution in [0.5, 0.6) is 5.75 Å². The molecule has 0 aliphatic rings. The average Bonchev–Trinajstić information content (AvgIpc) is 3.17. The molecule has 2 N–H and O–H groups in total. The van der Waals surface area contributed by atoms with Gasteiger partial charge in [0, 0.05) is 0 Å². The molecule has 12 heteroatoms. The van der Waals surface area contributed by atoms with Crippen molar-refractivity contribution < 1.29 is 31.1 Å². The number of rotatable bonds is 7. The number of carbonyl (C=O) groups is 1. The molecule has 0 saturated carbocycles. The minimum absolute atomic E-state index is 0.0552. The molecule has 1 unspecified atom stereocenters. The highest BCUT2D eigenvalue weighted by atomic mass is 32.2. The van der Waals surface area contributed by atoms with Gasteiger partial charge in [0.1, 0.15) is 0 Å². The van der Waals surface area contributed by atoms with E-state index in [9.17, 15) is 26.4 Å². The summed E-state index contributed by atoms with van der Waals surface area (Å²) in [6.45, 7) is 1.65. The van der Waals surface area contributed by atoms with Crippen molar-refractivity contribution >= 4 is 21.6 Å². The Hall–Kier alpha value is -3.54. The second kappa shape index (κ2) is 9.14. The van der Waals surface area contributed by atoms with Crippen LogP contribution in [0.4, 0.5) is 18.9 Å². The summed E-state index contributed by atoms with van der Waals surface area (Å²) in [5.74, 6) is -0.598. The van der Waals surface area contributed by atoms with Crippen molar-refractivity contribution in [2.24, 2.45) is 0 Å². The maximum Gasteiger partial charge on any atom is 0.416 e. The third-order valence-electron chi connectivity index (χ3n) is 4.62. The van der Waals surface area contributed by atoms with Crippen LogP contribution in [0.1, 0.15) is 34.6 Å². The molecule has 176 valence electrons. The summed E-state index contributed by atoms with van der Waals surface area (Å²) in [4.78, 5) is 12.9. The van der Waals surface area contributed by atoms with Crippen molar-refractivity contribution in [1.29, 1.82) is 0 Å². The Morgan fingerprint density at radius 2 is 1.85 bits per heavy atom. The number of carbonyl (C=O) groups excluding carboxylic acids is 1. The zero-order valence-electron chi connectivity index (χ0n) is 17.8. The molecule has 2 aromatic carbocycles. The summed E-state index contributed by atoms with van der Waals surface area (Å²) < 4.78 is 71.1. The van der Waals surface area contributed by atoms with E-state index in [0.29, 0.717) is 11.3 Å². The molecule has 33 heavy (non-hydrogen) atoms. The van der Waals surface area contributed by atoms with Gasteiger partial charge < -0.3 is 10.1 Å². The van der Waals surface area contributed by atoms with Gasteiger partial charge in [0.25, 0.3) is 5.91 Å². The number of aromatic nitrogens is 2. The van der Waals surface area contributed by atoms with Crippen molar-refractivity contribution in [2.45, 2.75) is 19.1 Å². The van der Waals surface area contributed by atoms with Gasteiger partial charge in [-0.3, -0.25) is 9.52 Å². The lowest BCUT2D eigenvalue weighted by Crippen LogP contribution is -2.28. The van der Waals surface area contributed by atoms with Crippen LogP contribution >= 0.6 is 0 Å². The van der Waals surface area contributed by atoms with Crippen LogP contribution in [-0.4, -0.2) is 37.5 Å². The number of sulfonamides is 1. The quantitative estimate of drug-likeness (QED) is 0.534. The molecular formula is C21H21F3N4O4S. The van der Waals surface area contributed by atoms with Crippen LogP contribution in [0.2, 0.25) is 0 Å². The third-order valence-corrected chi connectivity index (χ3v) is 5.21. The summed E-state index contributed by atoms with van der Waals surface area (Å²) in [5, 5.41) is 6.81. The Bertz CT molecular complexity index is 1270. The highest BCUT2D eigenvalue weighted by Crippen LogP contribution is 2.31. The van der Waals surface area contributed by atoms with Crippen molar-refractivity contribution in [1.82, 2.24) is 15.1 Å². The predicted octanol–water partition coefficient (Wildman–Crippen LogP) is 3.76. The van der Waals surface area contributed by atoms with Gasteiger partial charge in [0.15, 0.2) is 11.4 Å². The molecule has 0 spiro atoms. The van der Waals surface area contributed by atoms with Crippen LogP contribution in [0.3, 0.4) is 0 Å². The Labute approximate surface area is 188 Å². The highest BCUT2D eigenvalue weighted by Gasteiger charge is 2.31. The highest BCUT2D eigenvalue weighted by molar-refractivity contribution is 7.92. The first-order valence-corrected chi connectivity index (χ1v) is 11.5. The molecule has 0 fully saturated rings. The van der Waals surface area contributed by atoms with E-state index in [0.717, 1.165) is 23.1 Å². The van der Waals surface area contributed by atoms with Crippen molar-refractivity contribution in [3.8, 4) is 11.4 Å². The lowest BCUT2D eigenvalue weighted by Gasteiger charge is -2.18. The number of amides is 1. The zero-order valence-corrected chi connectivity index (χ0v) is 18.7. The Kier molecular flexibility index (Phi) is 6.68. The summed E-state index contributed by atoms with van der Waals surface area (Å²) in [6, 6.07) is 10.4. The fourth-order valence-corrected chi connectivity index (χ4v) is 3.72. The summed E-state index contributed by atoms with van der Waals surface area (Å²) in [5.41, 5.74) is -0.0980. The summed E-state index contributed by atoms with van der Waals surface area (Å²) in [7, 11) is -2.24. The average molecular weight is 482 g/mol. The van der Waals surface area contributed by atoms with Crippen molar-refractivity contribution in [3.63, 3.8) is 0 Å². The van der Waals surface area contributed by atoms with E-state index in [1.807, 2.05) is 0 Å². The number of anilines is 1. The maximum atomic E-state index is 13.0. The van der Waals surface area contributed by atoms with Crippen LogP contribution in [0, 0.1) is 0 Å². The van der Waals surface area contributed by atoms with Gasteiger partial charge >= 0.3 is 6.18 Å². The van der Waals surface area contributed by atoms with Crippen LogP contribution in [0.15, 0.2) is 54.7 Å². The van der Waals surface area contributed by atoms with E-state index < -0.39 is 33.7 Å². The van der Waals surface area contributed by atoms with Crippen molar-refractivity contribution in [2.75, 3.05) is 18.1 Å². The first-order valence-electron chi connectivity index (χ1n) is 9.58. The Morgan fingerprint density at radius 1 is 1.15 bits per heavy atom. The fourth-order valence-electron chi connectivity index (χ4n) is 3.13. The number of hydrogen-bond acceptors (Lipinski definition) is 5. The zero-order chi connectivity index (χ0) is 24.4. The number of para-hydroxylation sites is 1. The minimum atomic E-state index is -4.53. The van der Waals surface area contributed by atoms with Gasteiger partial charge in [-0.2, -0.15) is 18.3 Å². The number of halogens is 3. The first kappa shape index (κ1) is 24.1. The summed E-state index contributed by atoms with van der Waals surface area (Å²) in [6.07, 6.45) is -2.22. The minimum Gasteiger partial charge on any atom is -0.493 e. The maximum absolute atomic E-state index is 13.0. The molecule has 3 aromatic rings. The molecule has 0 aliphatic heterocycles. The van der Waals surface area contributed by atoms with E-state index in [1.165, 1.54) is 25.4 Å². The number of nitrogens with one attached hydrogen (secondary N) is 2. The third kappa shape index (κ3) is 5.83. The lowest BCUT2D eigenvalue weighted by atomic mass is 10.1. The van der Waals surface area contributed by atoms with Crippen LogP contribution in [-0.2, 0) is 16.2 Å². The van der Waals surface area contributed by atoms with E-state index in [4.69, 9.17) is 4.74 Å². The molecule has 1 atom stereocenters. The number of alkyl halides is 3. The molecular weight excluding hydrogens is 461 g/mol. The molecule has 1 amide bonds. The molecule has 1 aromatic heterocycles. The topological polar surface area (TPSA) is 102 Å². The Balaban J connectivity index is 1.88. The largest absolute Gasteiger partial charge is 0.493 e. The van der Waals surface area contributed by atoms with E-state index in [2.05, 4.69) is 15.1 Å². The Morgan fingerprint density at radius 3 is 2.48 bits per heavy atom. The first-order chi connectivity index (χ1) is 15.4. The van der Waals surface area contributed by atoms with Gasteiger partial charge in [-0.25, -0.2) is 13.1 Å². The number of methoxy groups -OCH3 is 1.